The number of rotatable bonds is 4. The van der Waals surface area contributed by atoms with Crippen LogP contribution >= 0.6 is 0 Å². The Morgan fingerprint density at radius 3 is 2.29 bits per heavy atom. The number of carboxylic acid groups (broad SMARTS) is 1. The summed E-state index contributed by atoms with van der Waals surface area (Å²) < 4.78 is 0. The Kier molecular flexibility index (Phi) is 4.64. The Morgan fingerprint density at radius 1 is 1.12 bits per heavy atom. The molecular weight excluding hydrogens is 310 g/mol. The SMILES string of the molecule is CCN1CCN(C2CC(=O)N(c3ccc(C(=O)O)cc3)C2=O)CC1. The van der Waals surface area contributed by atoms with E-state index < -0.39 is 12.0 Å². The maximum Gasteiger partial charge on any atom is 0.335 e. The van der Waals surface area contributed by atoms with Crippen molar-refractivity contribution in [3.63, 3.8) is 0 Å². The normalized spacial score (nSPS) is 23.0. The van der Waals surface area contributed by atoms with Gasteiger partial charge in [0.15, 0.2) is 0 Å². The van der Waals surface area contributed by atoms with Gasteiger partial charge in [-0.1, -0.05) is 6.92 Å². The van der Waals surface area contributed by atoms with E-state index in [4.69, 9.17) is 5.11 Å². The Labute approximate surface area is 140 Å². The lowest BCUT2D eigenvalue weighted by Crippen LogP contribution is -2.52. The first-order chi connectivity index (χ1) is 11.5. The Balaban J connectivity index is 1.73. The number of imide groups is 1. The Bertz CT molecular complexity index is 650. The van der Waals surface area contributed by atoms with Gasteiger partial charge in [0, 0.05) is 26.2 Å². The number of carbonyl (C=O) groups is 3. The third kappa shape index (κ3) is 3.05. The highest BCUT2D eigenvalue weighted by atomic mass is 16.4. The zero-order valence-corrected chi connectivity index (χ0v) is 13.6. The molecule has 0 bridgehead atoms. The van der Waals surface area contributed by atoms with Crippen molar-refractivity contribution >= 4 is 23.5 Å². The zero-order chi connectivity index (χ0) is 17.3. The largest absolute Gasteiger partial charge is 0.478 e. The first-order valence-electron chi connectivity index (χ1n) is 8.18. The van der Waals surface area contributed by atoms with E-state index in [1.807, 2.05) is 0 Å². The third-order valence-corrected chi connectivity index (χ3v) is 4.79. The average Bonchev–Trinajstić information content (AvgIpc) is 2.89. The van der Waals surface area contributed by atoms with Crippen molar-refractivity contribution in [1.82, 2.24) is 9.80 Å². The first kappa shape index (κ1) is 16.6. The van der Waals surface area contributed by atoms with Crippen molar-refractivity contribution in [3.05, 3.63) is 29.8 Å². The number of nitrogens with zero attached hydrogens (tertiary/aromatic N) is 3. The second-order valence-corrected chi connectivity index (χ2v) is 6.11. The number of hydrogen-bond acceptors (Lipinski definition) is 5. The lowest BCUT2D eigenvalue weighted by atomic mass is 10.1. The number of hydrogen-bond donors (Lipinski definition) is 1. The van der Waals surface area contributed by atoms with Gasteiger partial charge in [-0.3, -0.25) is 14.5 Å². The molecule has 1 aromatic rings. The molecular formula is C17H21N3O4. The molecule has 0 aliphatic carbocycles. The van der Waals surface area contributed by atoms with E-state index in [2.05, 4.69) is 16.7 Å². The maximum atomic E-state index is 12.7. The highest BCUT2D eigenvalue weighted by Gasteiger charge is 2.43. The maximum absolute atomic E-state index is 12.7. The molecule has 0 saturated carbocycles. The molecule has 7 heteroatoms. The summed E-state index contributed by atoms with van der Waals surface area (Å²) >= 11 is 0. The lowest BCUT2D eigenvalue weighted by molar-refractivity contribution is -0.123. The van der Waals surface area contributed by atoms with Crippen molar-refractivity contribution < 1.29 is 19.5 Å². The monoisotopic (exact) mass is 331 g/mol. The molecule has 2 aliphatic rings. The molecule has 2 saturated heterocycles. The predicted molar refractivity (Wildman–Crippen MR) is 88.0 cm³/mol. The van der Waals surface area contributed by atoms with Gasteiger partial charge < -0.3 is 10.0 Å². The number of benzene rings is 1. The van der Waals surface area contributed by atoms with Gasteiger partial charge >= 0.3 is 5.97 Å². The molecule has 1 N–H and O–H groups in total. The minimum absolute atomic E-state index is 0.130. The van der Waals surface area contributed by atoms with E-state index in [-0.39, 0.29) is 23.8 Å². The van der Waals surface area contributed by atoms with E-state index in [1.54, 1.807) is 0 Å². The molecule has 128 valence electrons. The second kappa shape index (κ2) is 6.70. The first-order valence-corrected chi connectivity index (χ1v) is 8.18. The van der Waals surface area contributed by atoms with Crippen LogP contribution in [-0.4, -0.2) is 71.5 Å². The lowest BCUT2D eigenvalue weighted by Gasteiger charge is -2.36. The summed E-state index contributed by atoms with van der Waals surface area (Å²) in [5.41, 5.74) is 0.565. The molecule has 1 aromatic carbocycles. The standard InChI is InChI=1S/C17H21N3O4/c1-2-18-7-9-19(10-8-18)14-11-15(21)20(16(14)22)13-5-3-12(4-6-13)17(23)24/h3-6,14H,2,7-11H2,1H3,(H,23,24). The summed E-state index contributed by atoms with van der Waals surface area (Å²) in [6, 6.07) is 5.43. The van der Waals surface area contributed by atoms with Crippen molar-refractivity contribution in [2.45, 2.75) is 19.4 Å². The van der Waals surface area contributed by atoms with E-state index in [0.29, 0.717) is 5.69 Å². The summed E-state index contributed by atoms with van der Waals surface area (Å²) in [4.78, 5) is 41.5. The van der Waals surface area contributed by atoms with E-state index in [0.717, 1.165) is 32.7 Å². The Hall–Kier alpha value is -2.25. The van der Waals surface area contributed by atoms with E-state index in [1.165, 1.54) is 29.2 Å². The van der Waals surface area contributed by atoms with Gasteiger partial charge in [0.05, 0.1) is 23.7 Å². The van der Waals surface area contributed by atoms with Crippen molar-refractivity contribution in [3.8, 4) is 0 Å². The van der Waals surface area contributed by atoms with Crippen LogP contribution in [0.2, 0.25) is 0 Å². The van der Waals surface area contributed by atoms with Crippen LogP contribution in [0.5, 0.6) is 0 Å². The summed E-state index contributed by atoms with van der Waals surface area (Å²) in [5, 5.41) is 8.94. The molecule has 1 atom stereocenters. The molecule has 3 rings (SSSR count). The third-order valence-electron chi connectivity index (χ3n) is 4.79. The molecule has 2 aliphatic heterocycles. The van der Waals surface area contributed by atoms with Crippen LogP contribution in [0.4, 0.5) is 5.69 Å². The van der Waals surface area contributed by atoms with Gasteiger partial charge in [-0.2, -0.15) is 0 Å². The van der Waals surface area contributed by atoms with Crippen LogP contribution in [0.1, 0.15) is 23.7 Å². The number of amides is 2. The minimum atomic E-state index is -1.03. The second-order valence-electron chi connectivity index (χ2n) is 6.11. The number of carboxylic acids is 1. The van der Waals surface area contributed by atoms with Gasteiger partial charge in [-0.25, -0.2) is 9.69 Å². The van der Waals surface area contributed by atoms with E-state index in [9.17, 15) is 14.4 Å². The molecule has 0 aromatic heterocycles. The molecule has 1 unspecified atom stereocenters. The van der Waals surface area contributed by atoms with Gasteiger partial charge in [-0.15, -0.1) is 0 Å². The molecule has 7 nitrogen and oxygen atoms in total. The number of likely N-dealkylation sites (N-methyl/N-ethyl adjacent to an activating group) is 1. The minimum Gasteiger partial charge on any atom is -0.478 e. The molecule has 2 heterocycles. The highest BCUT2D eigenvalue weighted by Crippen LogP contribution is 2.26. The smallest absolute Gasteiger partial charge is 0.335 e. The van der Waals surface area contributed by atoms with Crippen molar-refractivity contribution in [2.75, 3.05) is 37.6 Å². The highest BCUT2D eigenvalue weighted by molar-refractivity contribution is 6.22. The number of piperazine rings is 1. The van der Waals surface area contributed by atoms with Crippen LogP contribution in [0.3, 0.4) is 0 Å². The summed E-state index contributed by atoms with van der Waals surface area (Å²) in [6.45, 7) is 6.48. The quantitative estimate of drug-likeness (QED) is 0.816. The topological polar surface area (TPSA) is 81.2 Å². The van der Waals surface area contributed by atoms with Gasteiger partial charge in [0.1, 0.15) is 0 Å². The number of aromatic carboxylic acids is 1. The van der Waals surface area contributed by atoms with Crippen LogP contribution in [0.25, 0.3) is 0 Å². The molecule has 0 spiro atoms. The van der Waals surface area contributed by atoms with Crippen molar-refractivity contribution in [2.24, 2.45) is 0 Å². The fraction of sp³-hybridized carbons (Fsp3) is 0.471. The molecule has 0 radical (unpaired) electrons. The number of carbonyl (C=O) groups excluding carboxylic acids is 2. The summed E-state index contributed by atoms with van der Waals surface area (Å²) in [7, 11) is 0. The Morgan fingerprint density at radius 2 is 1.75 bits per heavy atom. The zero-order valence-electron chi connectivity index (χ0n) is 13.6. The fourth-order valence-corrected chi connectivity index (χ4v) is 3.32. The summed E-state index contributed by atoms with van der Waals surface area (Å²) in [5.74, 6) is -1.48. The van der Waals surface area contributed by atoms with E-state index >= 15 is 0 Å². The fourth-order valence-electron chi connectivity index (χ4n) is 3.32. The van der Waals surface area contributed by atoms with Crippen molar-refractivity contribution in [1.29, 1.82) is 0 Å². The van der Waals surface area contributed by atoms with Gasteiger partial charge in [-0.05, 0) is 30.8 Å². The van der Waals surface area contributed by atoms with Crippen LogP contribution in [0.15, 0.2) is 24.3 Å². The van der Waals surface area contributed by atoms with Crippen LogP contribution in [0, 0.1) is 0 Å². The van der Waals surface area contributed by atoms with Gasteiger partial charge in [0.2, 0.25) is 5.91 Å². The predicted octanol–water partition coefficient (Wildman–Crippen LogP) is 0.654. The average molecular weight is 331 g/mol. The van der Waals surface area contributed by atoms with Crippen LogP contribution in [-0.2, 0) is 9.59 Å². The summed E-state index contributed by atoms with van der Waals surface area (Å²) in [6.07, 6.45) is 0.186. The molecule has 2 amide bonds. The molecule has 24 heavy (non-hydrogen) atoms. The number of anilines is 1. The van der Waals surface area contributed by atoms with Crippen LogP contribution < -0.4 is 4.90 Å². The van der Waals surface area contributed by atoms with Gasteiger partial charge in [0.25, 0.3) is 5.91 Å². The molecule has 2 fully saturated rings.